The van der Waals surface area contributed by atoms with E-state index in [2.05, 4.69) is 12.1 Å². The molecule has 1 amide bonds. The molecule has 0 radical (unpaired) electrons. The van der Waals surface area contributed by atoms with Crippen LogP contribution in [0.25, 0.3) is 16.8 Å². The molecule has 1 saturated carbocycles. The van der Waals surface area contributed by atoms with Gasteiger partial charge in [0.15, 0.2) is 0 Å². The Hall–Kier alpha value is -1.85. The van der Waals surface area contributed by atoms with E-state index in [0.29, 0.717) is 9.23 Å². The van der Waals surface area contributed by atoms with Gasteiger partial charge in [0, 0.05) is 11.6 Å². The molecular formula is C21H21NO2S2. The monoisotopic (exact) mass is 383 g/mol. The Morgan fingerprint density at radius 2 is 1.92 bits per heavy atom. The molecule has 5 heteroatoms. The number of hydrogen-bond acceptors (Lipinski definition) is 4. The van der Waals surface area contributed by atoms with Crippen molar-refractivity contribution in [3.05, 3.63) is 46.9 Å². The molecule has 0 bridgehead atoms. The van der Waals surface area contributed by atoms with E-state index in [1.165, 1.54) is 31.0 Å². The zero-order chi connectivity index (χ0) is 18.1. The number of benzene rings is 2. The van der Waals surface area contributed by atoms with Gasteiger partial charge in [-0.05, 0) is 35.8 Å². The Morgan fingerprint density at radius 1 is 1.15 bits per heavy atom. The molecule has 0 unspecified atom stereocenters. The van der Waals surface area contributed by atoms with Gasteiger partial charge in [0.2, 0.25) is 0 Å². The van der Waals surface area contributed by atoms with E-state index in [-0.39, 0.29) is 11.9 Å². The summed E-state index contributed by atoms with van der Waals surface area (Å²) < 4.78 is 6.24. The Kier molecular flexibility index (Phi) is 5.00. The van der Waals surface area contributed by atoms with Gasteiger partial charge < -0.3 is 4.74 Å². The lowest BCUT2D eigenvalue weighted by atomic mass is 9.94. The van der Waals surface area contributed by atoms with Crippen molar-refractivity contribution in [3.8, 4) is 5.75 Å². The minimum Gasteiger partial charge on any atom is -0.496 e. The molecule has 0 spiro atoms. The van der Waals surface area contributed by atoms with Crippen molar-refractivity contribution >= 4 is 51.1 Å². The van der Waals surface area contributed by atoms with Crippen molar-refractivity contribution in [2.45, 2.75) is 38.1 Å². The van der Waals surface area contributed by atoms with Gasteiger partial charge in [-0.15, -0.1) is 0 Å². The number of fused-ring (bicyclic) bond motifs is 1. The summed E-state index contributed by atoms with van der Waals surface area (Å²) in [6.45, 7) is 0. The number of thioether (sulfide) groups is 1. The number of rotatable bonds is 3. The highest BCUT2D eigenvalue weighted by Gasteiger charge is 2.37. The molecule has 0 atom stereocenters. The number of methoxy groups -OCH3 is 1. The number of nitrogens with zero attached hydrogens (tertiary/aromatic N) is 1. The first-order valence-electron chi connectivity index (χ1n) is 9.02. The highest BCUT2D eigenvalue weighted by Crippen LogP contribution is 2.39. The zero-order valence-corrected chi connectivity index (χ0v) is 16.4. The quantitative estimate of drug-likeness (QED) is 0.525. The lowest BCUT2D eigenvalue weighted by molar-refractivity contribution is -0.124. The summed E-state index contributed by atoms with van der Waals surface area (Å²) in [5.74, 6) is 0.813. The third kappa shape index (κ3) is 3.14. The van der Waals surface area contributed by atoms with Crippen LogP contribution in [0.4, 0.5) is 0 Å². The van der Waals surface area contributed by atoms with E-state index in [0.717, 1.165) is 34.9 Å². The first-order valence-corrected chi connectivity index (χ1v) is 10.2. The van der Waals surface area contributed by atoms with Gasteiger partial charge >= 0.3 is 0 Å². The summed E-state index contributed by atoms with van der Waals surface area (Å²) in [4.78, 5) is 15.6. The first kappa shape index (κ1) is 17.6. The molecule has 1 aliphatic heterocycles. The van der Waals surface area contributed by atoms with Crippen molar-refractivity contribution in [3.63, 3.8) is 0 Å². The van der Waals surface area contributed by atoms with E-state index < -0.39 is 0 Å². The number of carbonyl (C=O) groups excluding carboxylic acids is 1. The van der Waals surface area contributed by atoms with Gasteiger partial charge in [0.25, 0.3) is 5.91 Å². The second-order valence-corrected chi connectivity index (χ2v) is 8.42. The second-order valence-electron chi connectivity index (χ2n) is 6.75. The van der Waals surface area contributed by atoms with Gasteiger partial charge in [0.05, 0.1) is 12.0 Å². The summed E-state index contributed by atoms with van der Waals surface area (Å²) in [7, 11) is 1.66. The van der Waals surface area contributed by atoms with Crippen LogP contribution in [0.2, 0.25) is 0 Å². The van der Waals surface area contributed by atoms with E-state index in [1.807, 2.05) is 35.2 Å². The summed E-state index contributed by atoms with van der Waals surface area (Å²) in [6, 6.07) is 12.4. The normalized spacial score (nSPS) is 20.3. The first-order chi connectivity index (χ1) is 12.7. The van der Waals surface area contributed by atoms with Crippen LogP contribution in [-0.4, -0.2) is 28.3 Å². The van der Waals surface area contributed by atoms with Crippen molar-refractivity contribution in [1.82, 2.24) is 4.90 Å². The van der Waals surface area contributed by atoms with Crippen LogP contribution in [0.15, 0.2) is 41.3 Å². The maximum absolute atomic E-state index is 13.1. The van der Waals surface area contributed by atoms with Crippen molar-refractivity contribution < 1.29 is 9.53 Å². The average Bonchev–Trinajstić information content (AvgIpc) is 2.96. The molecule has 0 N–H and O–H groups in total. The molecule has 4 rings (SSSR count). The number of amides is 1. The third-order valence-electron chi connectivity index (χ3n) is 5.19. The fourth-order valence-electron chi connectivity index (χ4n) is 3.87. The van der Waals surface area contributed by atoms with Gasteiger partial charge in [-0.3, -0.25) is 9.69 Å². The predicted molar refractivity (Wildman–Crippen MR) is 112 cm³/mol. The highest BCUT2D eigenvalue weighted by atomic mass is 32.2. The molecule has 1 aliphatic carbocycles. The van der Waals surface area contributed by atoms with Crippen LogP contribution >= 0.6 is 24.0 Å². The van der Waals surface area contributed by atoms with Crippen molar-refractivity contribution in [1.29, 1.82) is 0 Å². The van der Waals surface area contributed by atoms with E-state index in [9.17, 15) is 4.79 Å². The molecular weight excluding hydrogens is 362 g/mol. The molecule has 2 aromatic carbocycles. The minimum absolute atomic E-state index is 0.0434. The lowest BCUT2D eigenvalue weighted by Gasteiger charge is -2.29. The Bertz CT molecular complexity index is 900. The topological polar surface area (TPSA) is 29.5 Å². The van der Waals surface area contributed by atoms with Crippen LogP contribution < -0.4 is 4.74 Å². The summed E-state index contributed by atoms with van der Waals surface area (Å²) in [5, 5.41) is 2.21. The summed E-state index contributed by atoms with van der Waals surface area (Å²) in [5.41, 5.74) is 0.940. The Morgan fingerprint density at radius 3 is 2.69 bits per heavy atom. The maximum Gasteiger partial charge on any atom is 0.266 e. The van der Waals surface area contributed by atoms with Crippen LogP contribution in [-0.2, 0) is 4.79 Å². The second kappa shape index (κ2) is 7.41. The molecule has 2 aromatic rings. The fraction of sp³-hybridized carbons (Fsp3) is 0.333. The smallest absolute Gasteiger partial charge is 0.266 e. The van der Waals surface area contributed by atoms with Gasteiger partial charge in [0.1, 0.15) is 10.1 Å². The van der Waals surface area contributed by atoms with Crippen LogP contribution in [0.1, 0.15) is 37.7 Å². The Balaban J connectivity index is 1.74. The Labute approximate surface area is 163 Å². The summed E-state index contributed by atoms with van der Waals surface area (Å²) in [6.07, 6.45) is 7.67. The van der Waals surface area contributed by atoms with Gasteiger partial charge in [-0.25, -0.2) is 0 Å². The van der Waals surface area contributed by atoms with Gasteiger partial charge in [-0.1, -0.05) is 73.6 Å². The minimum atomic E-state index is 0.0434. The third-order valence-corrected chi connectivity index (χ3v) is 6.52. The van der Waals surface area contributed by atoms with Gasteiger partial charge in [-0.2, -0.15) is 0 Å². The predicted octanol–water partition coefficient (Wildman–Crippen LogP) is 5.38. The standard InChI is InChI=1S/C21H21NO2S2/c1-24-18-12-11-14-7-5-6-10-16(14)17(18)13-19-20(23)22(21(25)26-19)15-8-3-2-4-9-15/h5-7,10-13,15H,2-4,8-9H2,1H3/b19-13-. The highest BCUT2D eigenvalue weighted by molar-refractivity contribution is 8.26. The average molecular weight is 384 g/mol. The lowest BCUT2D eigenvalue weighted by Crippen LogP contribution is -2.39. The molecule has 3 nitrogen and oxygen atoms in total. The van der Waals surface area contributed by atoms with E-state index in [4.69, 9.17) is 17.0 Å². The maximum atomic E-state index is 13.1. The molecule has 0 aromatic heterocycles. The molecule has 1 heterocycles. The van der Waals surface area contributed by atoms with Crippen molar-refractivity contribution in [2.24, 2.45) is 0 Å². The van der Waals surface area contributed by atoms with Crippen molar-refractivity contribution in [2.75, 3.05) is 7.11 Å². The molecule has 2 fully saturated rings. The van der Waals surface area contributed by atoms with E-state index in [1.54, 1.807) is 7.11 Å². The fourth-order valence-corrected chi connectivity index (χ4v) is 5.25. The van der Waals surface area contributed by atoms with Crippen LogP contribution in [0.5, 0.6) is 5.75 Å². The van der Waals surface area contributed by atoms with Crippen LogP contribution in [0, 0.1) is 0 Å². The molecule has 2 aliphatic rings. The van der Waals surface area contributed by atoms with E-state index >= 15 is 0 Å². The molecule has 1 saturated heterocycles. The molecule has 134 valence electrons. The number of thiocarbonyl (C=S) groups is 1. The zero-order valence-electron chi connectivity index (χ0n) is 14.7. The largest absolute Gasteiger partial charge is 0.496 e. The number of hydrogen-bond donors (Lipinski definition) is 0. The molecule has 26 heavy (non-hydrogen) atoms. The summed E-state index contributed by atoms with van der Waals surface area (Å²) >= 11 is 6.96. The number of ether oxygens (including phenoxy) is 1. The SMILES string of the molecule is COc1ccc2ccccc2c1/C=C1\SC(=S)N(C2CCCCC2)C1=O. The van der Waals surface area contributed by atoms with Crippen LogP contribution in [0.3, 0.4) is 0 Å². The number of carbonyl (C=O) groups is 1.